The average Bonchev–Trinajstić information content (AvgIpc) is 2.34. The number of amides is 3. The van der Waals surface area contributed by atoms with Crippen molar-refractivity contribution in [2.75, 3.05) is 20.7 Å². The Kier molecular flexibility index (Phi) is 7.90. The van der Waals surface area contributed by atoms with Gasteiger partial charge in [0.2, 0.25) is 5.91 Å². The van der Waals surface area contributed by atoms with E-state index < -0.39 is 23.9 Å². The number of methoxy groups -OCH3 is 1. The van der Waals surface area contributed by atoms with Crippen LogP contribution in [-0.2, 0) is 19.1 Å². The first-order valence-electron chi connectivity index (χ1n) is 5.70. The fourth-order valence-electron chi connectivity index (χ4n) is 1.14. The van der Waals surface area contributed by atoms with E-state index in [2.05, 4.69) is 10.1 Å². The van der Waals surface area contributed by atoms with Gasteiger partial charge in [0.25, 0.3) is 0 Å². The number of hydrogen-bond donors (Lipinski definition) is 2. The van der Waals surface area contributed by atoms with E-state index in [4.69, 9.17) is 5.11 Å². The molecule has 0 aliphatic heterocycles. The van der Waals surface area contributed by atoms with Crippen molar-refractivity contribution < 1.29 is 29.0 Å². The van der Waals surface area contributed by atoms with Crippen molar-refractivity contribution in [3.05, 3.63) is 0 Å². The minimum atomic E-state index is -0.991. The van der Waals surface area contributed by atoms with Crippen LogP contribution >= 0.6 is 0 Å². The molecular weight excluding hydrogens is 256 g/mol. The molecule has 108 valence electrons. The van der Waals surface area contributed by atoms with E-state index in [1.807, 2.05) is 0 Å². The Labute approximate surface area is 110 Å². The first-order chi connectivity index (χ1) is 8.86. The van der Waals surface area contributed by atoms with Crippen LogP contribution < -0.4 is 5.32 Å². The Morgan fingerprint density at radius 2 is 1.79 bits per heavy atom. The summed E-state index contributed by atoms with van der Waals surface area (Å²) in [5.74, 6) is -1.99. The van der Waals surface area contributed by atoms with Gasteiger partial charge in [0.15, 0.2) is 0 Å². The quantitative estimate of drug-likeness (QED) is 0.630. The molecule has 0 unspecified atom stereocenters. The van der Waals surface area contributed by atoms with Crippen LogP contribution in [0.15, 0.2) is 0 Å². The molecule has 0 aromatic carbocycles. The zero-order valence-electron chi connectivity index (χ0n) is 11.0. The first kappa shape index (κ1) is 16.9. The number of imide groups is 1. The number of esters is 1. The number of nitrogens with one attached hydrogen (secondary N) is 1. The van der Waals surface area contributed by atoms with Gasteiger partial charge in [-0.2, -0.15) is 0 Å². The topological polar surface area (TPSA) is 113 Å². The second-order valence-corrected chi connectivity index (χ2v) is 3.85. The number of nitrogens with zero attached hydrogens (tertiary/aromatic N) is 1. The molecule has 8 nitrogen and oxygen atoms in total. The van der Waals surface area contributed by atoms with Gasteiger partial charge in [0.05, 0.1) is 13.5 Å². The molecule has 0 fully saturated rings. The molecule has 0 radical (unpaired) electrons. The van der Waals surface area contributed by atoms with Crippen molar-refractivity contribution in [2.24, 2.45) is 0 Å². The molecule has 3 amide bonds. The smallest absolute Gasteiger partial charge is 0.323 e. The first-order valence-corrected chi connectivity index (χ1v) is 5.70. The van der Waals surface area contributed by atoms with Gasteiger partial charge in [-0.15, -0.1) is 0 Å². The molecule has 0 aromatic heterocycles. The van der Waals surface area contributed by atoms with Crippen LogP contribution in [0.2, 0.25) is 0 Å². The van der Waals surface area contributed by atoms with Gasteiger partial charge in [-0.3, -0.25) is 19.7 Å². The highest BCUT2D eigenvalue weighted by atomic mass is 16.5. The van der Waals surface area contributed by atoms with E-state index in [-0.39, 0.29) is 32.2 Å². The normalized spacial score (nSPS) is 9.58. The van der Waals surface area contributed by atoms with E-state index >= 15 is 0 Å². The number of aliphatic carboxylic acids is 1. The third-order valence-corrected chi connectivity index (χ3v) is 2.27. The van der Waals surface area contributed by atoms with Crippen molar-refractivity contribution in [1.29, 1.82) is 0 Å². The lowest BCUT2D eigenvalue weighted by Crippen LogP contribution is -2.41. The number of carbonyl (C=O) groups is 4. The lowest BCUT2D eigenvalue weighted by atomic mass is 10.2. The second kappa shape index (κ2) is 8.90. The molecule has 0 saturated heterocycles. The average molecular weight is 274 g/mol. The number of carboxylic acid groups (broad SMARTS) is 1. The standard InChI is InChI=1S/C11H18N2O6/c1-13(7-6-10(17)19-2)11(18)12-8(14)4-3-5-9(15)16/h3-7H2,1-2H3,(H,15,16)(H,12,14,18). The molecule has 0 aliphatic carbocycles. The van der Waals surface area contributed by atoms with Gasteiger partial charge in [0.1, 0.15) is 0 Å². The highest BCUT2D eigenvalue weighted by Gasteiger charge is 2.13. The molecule has 0 heterocycles. The highest BCUT2D eigenvalue weighted by Crippen LogP contribution is 1.96. The lowest BCUT2D eigenvalue weighted by molar-refractivity contribution is -0.141. The summed E-state index contributed by atoms with van der Waals surface area (Å²) in [5, 5.41) is 10.5. The van der Waals surface area contributed by atoms with Gasteiger partial charge in [-0.05, 0) is 6.42 Å². The number of rotatable bonds is 7. The molecule has 8 heteroatoms. The predicted octanol–water partition coefficient (Wildman–Crippen LogP) is -0.0276. The van der Waals surface area contributed by atoms with Gasteiger partial charge in [-0.1, -0.05) is 0 Å². The van der Waals surface area contributed by atoms with Crippen LogP contribution in [0.1, 0.15) is 25.7 Å². The second-order valence-electron chi connectivity index (χ2n) is 3.85. The van der Waals surface area contributed by atoms with E-state index in [0.717, 1.165) is 0 Å². The maximum absolute atomic E-state index is 11.5. The zero-order chi connectivity index (χ0) is 14.8. The number of carbonyl (C=O) groups excluding carboxylic acids is 3. The number of ether oxygens (including phenoxy) is 1. The maximum Gasteiger partial charge on any atom is 0.323 e. The van der Waals surface area contributed by atoms with Crippen LogP contribution in [-0.4, -0.2) is 54.6 Å². The minimum absolute atomic E-state index is 0.0353. The molecule has 0 bridgehead atoms. The van der Waals surface area contributed by atoms with Crippen LogP contribution in [0.25, 0.3) is 0 Å². The van der Waals surface area contributed by atoms with Crippen LogP contribution in [0.4, 0.5) is 4.79 Å². The van der Waals surface area contributed by atoms with Crippen molar-refractivity contribution >= 4 is 23.9 Å². The van der Waals surface area contributed by atoms with Gasteiger partial charge in [0, 0.05) is 26.4 Å². The summed E-state index contributed by atoms with van der Waals surface area (Å²) < 4.78 is 4.42. The van der Waals surface area contributed by atoms with E-state index in [9.17, 15) is 19.2 Å². The fourth-order valence-corrected chi connectivity index (χ4v) is 1.14. The Morgan fingerprint density at radius 3 is 2.32 bits per heavy atom. The molecular formula is C11H18N2O6. The van der Waals surface area contributed by atoms with Crippen LogP contribution in [0.3, 0.4) is 0 Å². The summed E-state index contributed by atoms with van der Waals surface area (Å²) in [6, 6.07) is -0.635. The predicted molar refractivity (Wildman–Crippen MR) is 64.3 cm³/mol. The van der Waals surface area contributed by atoms with Crippen molar-refractivity contribution in [3.8, 4) is 0 Å². The molecule has 0 spiro atoms. The number of hydrogen-bond acceptors (Lipinski definition) is 5. The highest BCUT2D eigenvalue weighted by molar-refractivity contribution is 5.94. The van der Waals surface area contributed by atoms with Crippen molar-refractivity contribution in [3.63, 3.8) is 0 Å². The van der Waals surface area contributed by atoms with Gasteiger partial charge in [-0.25, -0.2) is 4.79 Å². The van der Waals surface area contributed by atoms with E-state index in [1.165, 1.54) is 19.1 Å². The van der Waals surface area contributed by atoms with Crippen LogP contribution in [0, 0.1) is 0 Å². The third-order valence-electron chi connectivity index (χ3n) is 2.27. The molecule has 0 rings (SSSR count). The zero-order valence-corrected chi connectivity index (χ0v) is 11.0. The monoisotopic (exact) mass is 274 g/mol. The summed E-state index contributed by atoms with van der Waals surface area (Å²) in [6.07, 6.45) is 0.0383. The summed E-state index contributed by atoms with van der Waals surface area (Å²) in [5.41, 5.74) is 0. The van der Waals surface area contributed by atoms with Crippen molar-refractivity contribution in [2.45, 2.75) is 25.7 Å². The Balaban J connectivity index is 3.91. The van der Waals surface area contributed by atoms with Crippen LogP contribution in [0.5, 0.6) is 0 Å². The molecule has 0 saturated carbocycles. The summed E-state index contributed by atoms with van der Waals surface area (Å²) >= 11 is 0. The molecule has 0 aromatic rings. The Hall–Kier alpha value is -2.12. The molecule has 2 N–H and O–H groups in total. The lowest BCUT2D eigenvalue weighted by Gasteiger charge is -2.16. The van der Waals surface area contributed by atoms with Gasteiger partial charge < -0.3 is 14.7 Å². The van der Waals surface area contributed by atoms with Crippen molar-refractivity contribution in [1.82, 2.24) is 10.2 Å². The maximum atomic E-state index is 11.5. The molecule has 0 atom stereocenters. The summed E-state index contributed by atoms with van der Waals surface area (Å²) in [4.78, 5) is 45.0. The number of urea groups is 1. The SMILES string of the molecule is COC(=O)CCN(C)C(=O)NC(=O)CCCC(=O)O. The Morgan fingerprint density at radius 1 is 1.16 bits per heavy atom. The third kappa shape index (κ3) is 8.58. The summed E-state index contributed by atoms with van der Waals surface area (Å²) in [6.45, 7) is 0.126. The van der Waals surface area contributed by atoms with E-state index in [1.54, 1.807) is 0 Å². The van der Waals surface area contributed by atoms with Gasteiger partial charge >= 0.3 is 18.0 Å². The Bertz CT molecular complexity index is 355. The molecule has 0 aliphatic rings. The largest absolute Gasteiger partial charge is 0.481 e. The molecule has 19 heavy (non-hydrogen) atoms. The fraction of sp³-hybridized carbons (Fsp3) is 0.636. The van der Waals surface area contributed by atoms with E-state index in [0.29, 0.717) is 0 Å². The minimum Gasteiger partial charge on any atom is -0.481 e. The summed E-state index contributed by atoms with van der Waals surface area (Å²) in [7, 11) is 2.68. The number of carboxylic acids is 1.